The average Bonchev–Trinajstić information content (AvgIpc) is 3.31. The summed E-state index contributed by atoms with van der Waals surface area (Å²) in [5, 5.41) is 15.6. The topological polar surface area (TPSA) is 132 Å². The van der Waals surface area contributed by atoms with Gasteiger partial charge in [0.25, 0.3) is 0 Å². The first-order valence-electron chi connectivity index (χ1n) is 12.0. The zero-order chi connectivity index (χ0) is 24.5. The summed E-state index contributed by atoms with van der Waals surface area (Å²) in [5.74, 6) is 1.85. The number of rotatable bonds is 12. The highest BCUT2D eigenvalue weighted by Gasteiger charge is 2.27. The largest absolute Gasteiger partial charge is 0.398 e. The van der Waals surface area contributed by atoms with Gasteiger partial charge in [0.1, 0.15) is 11.6 Å². The molecule has 34 heavy (non-hydrogen) atoms. The predicted octanol–water partition coefficient (Wildman–Crippen LogP) is 3.16. The van der Waals surface area contributed by atoms with Gasteiger partial charge >= 0.3 is 0 Å². The van der Waals surface area contributed by atoms with Gasteiger partial charge in [-0.15, -0.1) is 0 Å². The number of benzene rings is 1. The summed E-state index contributed by atoms with van der Waals surface area (Å²) < 4.78 is 0. The Morgan fingerprint density at radius 3 is 2.79 bits per heavy atom. The number of nitrogens with zero attached hydrogens (tertiary/aromatic N) is 3. The van der Waals surface area contributed by atoms with E-state index in [0.717, 1.165) is 38.6 Å². The van der Waals surface area contributed by atoms with Crippen molar-refractivity contribution in [1.29, 1.82) is 0 Å². The molecular weight excluding hydrogens is 430 g/mol. The van der Waals surface area contributed by atoms with Gasteiger partial charge in [-0.2, -0.15) is 0 Å². The molecule has 0 spiro atoms. The van der Waals surface area contributed by atoms with Gasteiger partial charge in [-0.1, -0.05) is 25.6 Å². The van der Waals surface area contributed by atoms with E-state index in [4.69, 9.17) is 5.73 Å². The Bertz CT molecular complexity index is 987. The minimum atomic E-state index is 0.0170. The molecule has 0 radical (unpaired) electrons. The standard InChI is InChI=1S/C25H37N7O2/c1-4-12-32(13-14-33)25-29-16-22(31-25)30-17(2)28-15-19-6-5-7-21(23(19)26)24(34)18-8-10-20(27-3)11-9-18/h5-7,15-16,18,20,27,30,33H,2,4,8-14,26H2,1,3H3,(H,29,31)/b28-15-. The van der Waals surface area contributed by atoms with Gasteiger partial charge in [-0.25, -0.2) is 9.98 Å². The maximum atomic E-state index is 13.1. The highest BCUT2D eigenvalue weighted by atomic mass is 16.3. The first-order valence-corrected chi connectivity index (χ1v) is 12.0. The van der Waals surface area contributed by atoms with E-state index in [1.165, 1.54) is 0 Å². The molecule has 1 saturated carbocycles. The van der Waals surface area contributed by atoms with Crippen molar-refractivity contribution < 1.29 is 9.90 Å². The number of imidazole rings is 1. The molecule has 1 aromatic carbocycles. The average molecular weight is 468 g/mol. The number of hydrogen-bond acceptors (Lipinski definition) is 8. The van der Waals surface area contributed by atoms with Gasteiger partial charge in [0.05, 0.1) is 18.5 Å². The van der Waals surface area contributed by atoms with E-state index in [1.807, 2.05) is 24.1 Å². The Balaban J connectivity index is 1.63. The first-order chi connectivity index (χ1) is 16.5. The fraction of sp³-hybridized carbons (Fsp3) is 0.480. The van der Waals surface area contributed by atoms with Crippen molar-refractivity contribution in [3.05, 3.63) is 47.9 Å². The molecule has 0 atom stereocenters. The van der Waals surface area contributed by atoms with Crippen LogP contribution in [0.5, 0.6) is 0 Å². The number of hydrogen-bond donors (Lipinski definition) is 5. The number of nitrogen functional groups attached to an aromatic ring is 1. The number of ketones is 1. The smallest absolute Gasteiger partial charge is 0.204 e. The van der Waals surface area contributed by atoms with Gasteiger partial charge in [0.15, 0.2) is 5.78 Å². The number of anilines is 3. The lowest BCUT2D eigenvalue weighted by Gasteiger charge is -2.27. The van der Waals surface area contributed by atoms with Crippen LogP contribution in [0.4, 0.5) is 17.5 Å². The predicted molar refractivity (Wildman–Crippen MR) is 139 cm³/mol. The zero-order valence-electron chi connectivity index (χ0n) is 20.2. The number of para-hydroxylation sites is 1. The van der Waals surface area contributed by atoms with Crippen LogP contribution in [0.2, 0.25) is 0 Å². The number of nitrogens with one attached hydrogen (secondary N) is 3. The fourth-order valence-corrected chi connectivity index (χ4v) is 4.36. The molecule has 9 nitrogen and oxygen atoms in total. The SMILES string of the molecule is C=C(/N=C\c1cccc(C(=O)C2CCC(NC)CC2)c1N)Nc1cnc(N(CCC)CCO)[nH]1. The summed E-state index contributed by atoms with van der Waals surface area (Å²) in [6.45, 7) is 7.37. The number of aliphatic hydroxyl groups is 1. The number of aromatic nitrogens is 2. The molecule has 0 unspecified atom stereocenters. The molecule has 3 rings (SSSR count). The lowest BCUT2D eigenvalue weighted by Crippen LogP contribution is -2.32. The molecule has 1 aliphatic carbocycles. The molecular formula is C25H37N7O2. The summed E-state index contributed by atoms with van der Waals surface area (Å²) in [5.41, 5.74) is 8.05. The Labute approximate surface area is 201 Å². The van der Waals surface area contributed by atoms with Crippen LogP contribution < -0.4 is 21.3 Å². The van der Waals surface area contributed by atoms with Gasteiger partial charge in [0, 0.05) is 42.4 Å². The van der Waals surface area contributed by atoms with E-state index < -0.39 is 0 Å². The van der Waals surface area contributed by atoms with Crippen molar-refractivity contribution in [3.8, 4) is 0 Å². The van der Waals surface area contributed by atoms with Crippen LogP contribution in [0.1, 0.15) is 54.9 Å². The lowest BCUT2D eigenvalue weighted by atomic mass is 9.81. The number of carbonyl (C=O) groups excluding carboxylic acids is 1. The molecule has 1 fully saturated rings. The lowest BCUT2D eigenvalue weighted by molar-refractivity contribution is 0.0881. The van der Waals surface area contributed by atoms with E-state index in [-0.39, 0.29) is 18.3 Å². The minimum Gasteiger partial charge on any atom is -0.398 e. The van der Waals surface area contributed by atoms with Crippen LogP contribution in [0.3, 0.4) is 0 Å². The highest BCUT2D eigenvalue weighted by Crippen LogP contribution is 2.29. The number of aromatic amines is 1. The third-order valence-corrected chi connectivity index (χ3v) is 6.28. The summed E-state index contributed by atoms with van der Waals surface area (Å²) in [6.07, 6.45) is 7.99. The van der Waals surface area contributed by atoms with Crippen LogP contribution >= 0.6 is 0 Å². The van der Waals surface area contributed by atoms with Crippen molar-refractivity contribution in [3.63, 3.8) is 0 Å². The van der Waals surface area contributed by atoms with Gasteiger partial charge in [-0.05, 0) is 45.2 Å². The molecule has 1 aliphatic rings. The molecule has 6 N–H and O–H groups in total. The van der Waals surface area contributed by atoms with Crippen LogP contribution in [-0.2, 0) is 0 Å². The second kappa shape index (κ2) is 12.3. The van der Waals surface area contributed by atoms with Crippen LogP contribution in [0.15, 0.2) is 41.8 Å². The Hall–Kier alpha value is -3.17. The van der Waals surface area contributed by atoms with Gasteiger partial charge < -0.3 is 31.4 Å². The Kier molecular flexibility index (Phi) is 9.24. The molecule has 0 amide bonds. The Morgan fingerprint density at radius 1 is 1.35 bits per heavy atom. The van der Waals surface area contributed by atoms with E-state index in [2.05, 4.69) is 39.1 Å². The number of aliphatic hydroxyl groups excluding tert-OH is 1. The summed E-state index contributed by atoms with van der Waals surface area (Å²) in [6, 6.07) is 5.97. The van der Waals surface area contributed by atoms with Crippen LogP contribution in [-0.4, -0.2) is 59.9 Å². The first kappa shape index (κ1) is 25.5. The number of Topliss-reactive ketones (excluding diaryl/α,β-unsaturated/α-hetero) is 1. The summed E-state index contributed by atoms with van der Waals surface area (Å²) in [7, 11) is 1.97. The molecule has 184 valence electrons. The molecule has 1 heterocycles. The maximum absolute atomic E-state index is 13.1. The van der Waals surface area contributed by atoms with Gasteiger partial charge in [0.2, 0.25) is 5.95 Å². The number of carbonyl (C=O) groups is 1. The second-order valence-corrected chi connectivity index (χ2v) is 8.67. The van der Waals surface area contributed by atoms with E-state index in [9.17, 15) is 9.90 Å². The summed E-state index contributed by atoms with van der Waals surface area (Å²) >= 11 is 0. The fourth-order valence-electron chi connectivity index (χ4n) is 4.36. The van der Waals surface area contributed by atoms with Crippen molar-refractivity contribution in [2.45, 2.75) is 45.1 Å². The second-order valence-electron chi connectivity index (χ2n) is 8.67. The monoisotopic (exact) mass is 467 g/mol. The normalized spacial score (nSPS) is 18.2. The molecule has 0 bridgehead atoms. The minimum absolute atomic E-state index is 0.0170. The molecule has 9 heteroatoms. The third kappa shape index (κ3) is 6.45. The molecule has 1 aromatic heterocycles. The van der Waals surface area contributed by atoms with Crippen molar-refractivity contribution >= 4 is 29.5 Å². The van der Waals surface area contributed by atoms with Gasteiger partial charge in [-0.3, -0.25) is 4.79 Å². The molecule has 0 aliphatic heterocycles. The van der Waals surface area contributed by atoms with Crippen molar-refractivity contribution in [2.24, 2.45) is 10.9 Å². The van der Waals surface area contributed by atoms with Crippen LogP contribution in [0, 0.1) is 5.92 Å². The van der Waals surface area contributed by atoms with Crippen molar-refractivity contribution in [1.82, 2.24) is 15.3 Å². The van der Waals surface area contributed by atoms with Crippen LogP contribution in [0.25, 0.3) is 0 Å². The van der Waals surface area contributed by atoms with Crippen molar-refractivity contribution in [2.75, 3.05) is 42.7 Å². The number of nitrogens with two attached hydrogens (primary N) is 1. The highest BCUT2D eigenvalue weighted by molar-refractivity contribution is 6.05. The molecule has 2 aromatic rings. The quantitative estimate of drug-likeness (QED) is 0.184. The number of aliphatic imine (C=N–C) groups is 1. The third-order valence-electron chi connectivity index (χ3n) is 6.28. The van der Waals surface area contributed by atoms with E-state index in [1.54, 1.807) is 18.5 Å². The zero-order valence-corrected chi connectivity index (χ0v) is 20.2. The van der Waals surface area contributed by atoms with E-state index >= 15 is 0 Å². The Morgan fingerprint density at radius 2 is 2.12 bits per heavy atom. The summed E-state index contributed by atoms with van der Waals surface area (Å²) in [4.78, 5) is 27.0. The number of H-pyrrole nitrogens is 1. The molecule has 0 saturated heterocycles. The van der Waals surface area contributed by atoms with E-state index in [0.29, 0.717) is 47.0 Å². The maximum Gasteiger partial charge on any atom is 0.204 e.